The second kappa shape index (κ2) is 7.15. The minimum absolute atomic E-state index is 0.0297. The summed E-state index contributed by atoms with van der Waals surface area (Å²) < 4.78 is 1.33. The van der Waals surface area contributed by atoms with Gasteiger partial charge >= 0.3 is 0 Å². The van der Waals surface area contributed by atoms with Gasteiger partial charge in [-0.25, -0.2) is 4.68 Å². The Kier molecular flexibility index (Phi) is 4.99. The molecule has 8 nitrogen and oxygen atoms in total. The molecule has 2 aromatic rings. The van der Waals surface area contributed by atoms with E-state index >= 15 is 0 Å². The molecule has 3 N–H and O–H groups in total. The van der Waals surface area contributed by atoms with Crippen LogP contribution in [0.5, 0.6) is 0 Å². The van der Waals surface area contributed by atoms with Crippen LogP contribution in [0.4, 0.5) is 0 Å². The second-order valence-electron chi connectivity index (χ2n) is 4.25. The van der Waals surface area contributed by atoms with Gasteiger partial charge in [0.1, 0.15) is 6.54 Å². The first kappa shape index (κ1) is 14.7. The third-order valence-electron chi connectivity index (χ3n) is 2.61. The summed E-state index contributed by atoms with van der Waals surface area (Å²) in [4.78, 5) is 23.4. The van der Waals surface area contributed by atoms with Crippen LogP contribution in [0, 0.1) is 0 Å². The Hall–Kier alpha value is -2.74. The molecular weight excluding hydrogens is 274 g/mol. The van der Waals surface area contributed by atoms with Gasteiger partial charge in [0, 0.05) is 24.8 Å². The van der Waals surface area contributed by atoms with E-state index in [-0.39, 0.29) is 13.2 Å². The van der Waals surface area contributed by atoms with Crippen molar-refractivity contribution in [3.05, 3.63) is 47.8 Å². The number of amides is 2. The summed E-state index contributed by atoms with van der Waals surface area (Å²) in [6.45, 7) is -0.106. The molecule has 1 aromatic carbocycles. The number of hydrogen-bond donors (Lipinski definition) is 3. The Morgan fingerprint density at radius 2 is 1.95 bits per heavy atom. The third kappa shape index (κ3) is 4.39. The van der Waals surface area contributed by atoms with Crippen molar-refractivity contribution in [3.63, 3.8) is 0 Å². The number of aliphatic hydroxyl groups excluding tert-OH is 1. The van der Waals surface area contributed by atoms with Crippen LogP contribution in [0.3, 0.4) is 0 Å². The Balaban J connectivity index is 1.80. The van der Waals surface area contributed by atoms with Gasteiger partial charge < -0.3 is 5.11 Å². The summed E-state index contributed by atoms with van der Waals surface area (Å²) in [7, 11) is 0. The number of benzene rings is 1. The van der Waals surface area contributed by atoms with Crippen molar-refractivity contribution >= 4 is 11.8 Å². The molecule has 0 unspecified atom stereocenters. The summed E-state index contributed by atoms with van der Waals surface area (Å²) in [5.41, 5.74) is 5.65. The lowest BCUT2D eigenvalue weighted by molar-refractivity contribution is -0.122. The highest BCUT2D eigenvalue weighted by atomic mass is 16.3. The second-order valence-corrected chi connectivity index (χ2v) is 4.25. The van der Waals surface area contributed by atoms with E-state index in [1.807, 2.05) is 0 Å². The highest BCUT2D eigenvalue weighted by molar-refractivity contribution is 5.95. The van der Waals surface area contributed by atoms with Crippen LogP contribution in [-0.4, -0.2) is 38.5 Å². The fourth-order valence-corrected chi connectivity index (χ4v) is 1.62. The molecule has 1 aromatic heterocycles. The first-order chi connectivity index (χ1) is 10.2. The van der Waals surface area contributed by atoms with Crippen molar-refractivity contribution < 1.29 is 14.7 Å². The number of hydrazine groups is 1. The molecule has 0 spiro atoms. The number of hydrogen-bond acceptors (Lipinski definition) is 5. The van der Waals surface area contributed by atoms with Crippen LogP contribution in [-0.2, 0) is 17.8 Å². The fraction of sp³-hybridized carbons (Fsp3) is 0.231. The van der Waals surface area contributed by atoms with Gasteiger partial charge in [-0.2, -0.15) is 0 Å². The molecule has 0 saturated carbocycles. The Bertz CT molecular complexity index is 611. The van der Waals surface area contributed by atoms with Crippen LogP contribution < -0.4 is 10.9 Å². The number of rotatable bonds is 5. The molecule has 0 atom stereocenters. The average molecular weight is 289 g/mol. The van der Waals surface area contributed by atoms with Gasteiger partial charge in [-0.05, 0) is 12.1 Å². The lowest BCUT2D eigenvalue weighted by Gasteiger charge is -2.06. The average Bonchev–Trinajstić information content (AvgIpc) is 2.93. The van der Waals surface area contributed by atoms with Crippen LogP contribution >= 0.6 is 0 Å². The number of aliphatic hydroxyl groups is 1. The van der Waals surface area contributed by atoms with E-state index in [1.54, 1.807) is 36.5 Å². The van der Waals surface area contributed by atoms with Gasteiger partial charge in [-0.15, -0.1) is 5.10 Å². The number of carbonyl (C=O) groups is 2. The molecule has 2 rings (SSSR count). The normalized spacial score (nSPS) is 10.1. The lowest BCUT2D eigenvalue weighted by Crippen LogP contribution is -2.43. The highest BCUT2D eigenvalue weighted by Crippen LogP contribution is 1.97. The van der Waals surface area contributed by atoms with E-state index in [2.05, 4.69) is 21.2 Å². The van der Waals surface area contributed by atoms with Gasteiger partial charge in [0.2, 0.25) is 0 Å². The maximum Gasteiger partial charge on any atom is 0.269 e. The monoisotopic (exact) mass is 289 g/mol. The van der Waals surface area contributed by atoms with Crippen LogP contribution in [0.2, 0.25) is 0 Å². The molecule has 0 aliphatic rings. The summed E-state index contributed by atoms with van der Waals surface area (Å²) in [5.74, 6) is -0.830. The smallest absolute Gasteiger partial charge is 0.269 e. The maximum absolute atomic E-state index is 11.7. The first-order valence-corrected chi connectivity index (χ1v) is 6.33. The van der Waals surface area contributed by atoms with Gasteiger partial charge in [0.05, 0.1) is 5.69 Å². The highest BCUT2D eigenvalue weighted by Gasteiger charge is 2.08. The molecule has 0 aliphatic carbocycles. The molecular formula is C13H15N5O3. The Morgan fingerprint density at radius 1 is 1.19 bits per heavy atom. The number of nitrogens with one attached hydrogen (secondary N) is 2. The summed E-state index contributed by atoms with van der Waals surface area (Å²) >= 11 is 0. The van der Waals surface area contributed by atoms with E-state index in [0.717, 1.165) is 0 Å². The van der Waals surface area contributed by atoms with Gasteiger partial charge in [-0.1, -0.05) is 23.4 Å². The predicted molar refractivity (Wildman–Crippen MR) is 72.9 cm³/mol. The van der Waals surface area contributed by atoms with Crippen LogP contribution in [0.25, 0.3) is 0 Å². The molecule has 110 valence electrons. The molecule has 0 bridgehead atoms. The molecule has 21 heavy (non-hydrogen) atoms. The van der Waals surface area contributed by atoms with Gasteiger partial charge in [0.25, 0.3) is 11.8 Å². The van der Waals surface area contributed by atoms with E-state index in [9.17, 15) is 9.59 Å². The number of nitrogens with zero attached hydrogens (tertiary/aromatic N) is 3. The minimum atomic E-state index is -0.431. The van der Waals surface area contributed by atoms with E-state index in [1.165, 1.54) is 4.68 Å². The molecule has 2 amide bonds. The third-order valence-corrected chi connectivity index (χ3v) is 2.61. The van der Waals surface area contributed by atoms with Crippen molar-refractivity contribution in [1.29, 1.82) is 0 Å². The number of aromatic nitrogens is 3. The van der Waals surface area contributed by atoms with Gasteiger partial charge in [-0.3, -0.25) is 20.4 Å². The summed E-state index contributed by atoms with van der Waals surface area (Å²) in [5, 5.41) is 16.3. The lowest BCUT2D eigenvalue weighted by atomic mass is 10.2. The fourth-order valence-electron chi connectivity index (χ4n) is 1.62. The van der Waals surface area contributed by atoms with Gasteiger partial charge in [0.15, 0.2) is 0 Å². The Morgan fingerprint density at radius 3 is 2.67 bits per heavy atom. The van der Waals surface area contributed by atoms with E-state index < -0.39 is 11.8 Å². The molecule has 0 fully saturated rings. The summed E-state index contributed by atoms with van der Waals surface area (Å²) in [6.07, 6.45) is 1.95. The van der Waals surface area contributed by atoms with Crippen molar-refractivity contribution in [3.8, 4) is 0 Å². The zero-order valence-corrected chi connectivity index (χ0v) is 11.2. The van der Waals surface area contributed by atoms with Crippen molar-refractivity contribution in [2.24, 2.45) is 0 Å². The molecule has 0 saturated heterocycles. The molecule has 0 radical (unpaired) electrons. The zero-order valence-electron chi connectivity index (χ0n) is 11.2. The Labute approximate surface area is 120 Å². The largest absolute Gasteiger partial charge is 0.396 e. The maximum atomic E-state index is 11.7. The zero-order chi connectivity index (χ0) is 15.1. The standard InChI is InChI=1S/C13H15N5O3/c19-7-6-11-8-18(17-14-11)9-12(20)15-16-13(21)10-4-2-1-3-5-10/h1-5,8,19H,6-7,9H2,(H,15,20)(H,16,21). The predicted octanol–water partition coefficient (Wildman–Crippen LogP) is -0.726. The molecule has 0 aliphatic heterocycles. The quantitative estimate of drug-likeness (QED) is 0.629. The van der Waals surface area contributed by atoms with Crippen LogP contribution in [0.1, 0.15) is 16.1 Å². The topological polar surface area (TPSA) is 109 Å². The van der Waals surface area contributed by atoms with Crippen molar-refractivity contribution in [2.45, 2.75) is 13.0 Å². The van der Waals surface area contributed by atoms with Crippen LogP contribution in [0.15, 0.2) is 36.5 Å². The number of carbonyl (C=O) groups excluding carboxylic acids is 2. The van der Waals surface area contributed by atoms with E-state index in [0.29, 0.717) is 17.7 Å². The van der Waals surface area contributed by atoms with E-state index in [4.69, 9.17) is 5.11 Å². The SMILES string of the molecule is O=C(Cn1cc(CCO)nn1)NNC(=O)c1ccccc1. The summed E-state index contributed by atoms with van der Waals surface area (Å²) in [6, 6.07) is 8.54. The first-order valence-electron chi connectivity index (χ1n) is 6.33. The molecule has 8 heteroatoms. The van der Waals surface area contributed by atoms with Crippen molar-refractivity contribution in [2.75, 3.05) is 6.61 Å². The minimum Gasteiger partial charge on any atom is -0.396 e. The molecule has 1 heterocycles. The van der Waals surface area contributed by atoms with Crippen molar-refractivity contribution in [1.82, 2.24) is 25.8 Å².